The van der Waals surface area contributed by atoms with E-state index in [4.69, 9.17) is 22.7 Å². The molecule has 0 fully saturated rings. The number of thiocarbonyl (C=S) groups is 1. The van der Waals surface area contributed by atoms with Gasteiger partial charge in [0, 0.05) is 25.1 Å². The van der Waals surface area contributed by atoms with E-state index in [1.54, 1.807) is 37.3 Å². The summed E-state index contributed by atoms with van der Waals surface area (Å²) in [6.07, 6.45) is 0. The van der Waals surface area contributed by atoms with Gasteiger partial charge in [-0.25, -0.2) is 0 Å². The van der Waals surface area contributed by atoms with E-state index >= 15 is 0 Å². The Labute approximate surface area is 127 Å². The van der Waals surface area contributed by atoms with Crippen LogP contribution in [0.5, 0.6) is 5.75 Å². The highest BCUT2D eigenvalue weighted by atomic mass is 79.9. The first-order chi connectivity index (χ1) is 8.86. The molecule has 0 aliphatic rings. The monoisotopic (exact) mass is 344 g/mol. The zero-order chi connectivity index (χ0) is 14.6. The summed E-state index contributed by atoms with van der Waals surface area (Å²) in [6, 6.07) is 5.22. The van der Waals surface area contributed by atoms with E-state index in [0.29, 0.717) is 22.8 Å². The molecule has 2 N–H and O–H groups in total. The Balaban J connectivity index is 2.82. The summed E-state index contributed by atoms with van der Waals surface area (Å²) >= 11 is 8.27. The highest BCUT2D eigenvalue weighted by molar-refractivity contribution is 9.10. The normalized spacial score (nSPS) is 11.8. The Bertz CT molecular complexity index is 494. The van der Waals surface area contributed by atoms with Crippen molar-refractivity contribution in [2.24, 2.45) is 11.7 Å². The Hall–Kier alpha value is -1.14. The van der Waals surface area contributed by atoms with Crippen molar-refractivity contribution in [3.05, 3.63) is 28.2 Å². The minimum Gasteiger partial charge on any atom is -0.496 e. The molecule has 0 bridgehead atoms. The number of carbonyl (C=O) groups is 1. The van der Waals surface area contributed by atoms with Crippen LogP contribution < -0.4 is 10.5 Å². The molecule has 19 heavy (non-hydrogen) atoms. The SMILES string of the molecule is COc1ccc(C(=O)N(C)CC(C)C(N)=S)cc1Br. The average Bonchev–Trinajstić information content (AvgIpc) is 2.37. The minimum atomic E-state index is -0.0774. The summed E-state index contributed by atoms with van der Waals surface area (Å²) in [5, 5.41) is 0. The number of methoxy groups -OCH3 is 1. The molecule has 1 amide bonds. The molecule has 1 aromatic rings. The predicted octanol–water partition coefficient (Wildman–Crippen LogP) is 2.45. The predicted molar refractivity (Wildman–Crippen MR) is 83.6 cm³/mol. The first kappa shape index (κ1) is 15.9. The largest absolute Gasteiger partial charge is 0.496 e. The minimum absolute atomic E-state index is 0.00867. The Morgan fingerprint density at radius 2 is 2.21 bits per heavy atom. The first-order valence-corrected chi connectivity index (χ1v) is 6.95. The number of nitrogens with two attached hydrogens (primary N) is 1. The summed E-state index contributed by atoms with van der Waals surface area (Å²) in [4.78, 5) is 14.3. The number of ether oxygens (including phenoxy) is 1. The van der Waals surface area contributed by atoms with Crippen molar-refractivity contribution in [1.29, 1.82) is 0 Å². The third-order valence-corrected chi connectivity index (χ3v) is 3.80. The van der Waals surface area contributed by atoms with E-state index in [1.807, 2.05) is 6.92 Å². The van der Waals surface area contributed by atoms with Crippen molar-refractivity contribution in [3.8, 4) is 5.75 Å². The fourth-order valence-electron chi connectivity index (χ4n) is 1.60. The van der Waals surface area contributed by atoms with Gasteiger partial charge in [-0.15, -0.1) is 0 Å². The van der Waals surface area contributed by atoms with E-state index in [1.165, 1.54) is 0 Å². The van der Waals surface area contributed by atoms with Crippen molar-refractivity contribution >= 4 is 39.0 Å². The summed E-state index contributed by atoms with van der Waals surface area (Å²) in [7, 11) is 3.31. The number of halogens is 1. The number of amides is 1. The molecule has 1 unspecified atom stereocenters. The lowest BCUT2D eigenvalue weighted by Gasteiger charge is -2.21. The Morgan fingerprint density at radius 3 is 2.68 bits per heavy atom. The van der Waals surface area contributed by atoms with Crippen LogP contribution in [-0.4, -0.2) is 36.5 Å². The number of benzene rings is 1. The van der Waals surface area contributed by atoms with Crippen molar-refractivity contribution in [1.82, 2.24) is 4.90 Å². The molecule has 4 nitrogen and oxygen atoms in total. The molecule has 1 atom stereocenters. The van der Waals surface area contributed by atoms with Crippen molar-refractivity contribution in [2.45, 2.75) is 6.92 Å². The zero-order valence-electron chi connectivity index (χ0n) is 11.1. The molecular formula is C13H17BrN2O2S. The van der Waals surface area contributed by atoms with Crippen LogP contribution in [0, 0.1) is 5.92 Å². The van der Waals surface area contributed by atoms with E-state index in [2.05, 4.69) is 15.9 Å². The van der Waals surface area contributed by atoms with Gasteiger partial charge in [0.1, 0.15) is 5.75 Å². The molecule has 0 saturated carbocycles. The molecule has 0 radical (unpaired) electrons. The molecule has 1 rings (SSSR count). The quantitative estimate of drug-likeness (QED) is 0.833. The van der Waals surface area contributed by atoms with Crippen molar-refractivity contribution in [3.63, 3.8) is 0 Å². The zero-order valence-corrected chi connectivity index (χ0v) is 13.5. The fourth-order valence-corrected chi connectivity index (χ4v) is 2.22. The Morgan fingerprint density at radius 1 is 1.58 bits per heavy atom. The van der Waals surface area contributed by atoms with Gasteiger partial charge in [-0.1, -0.05) is 19.1 Å². The van der Waals surface area contributed by atoms with Gasteiger partial charge in [-0.2, -0.15) is 0 Å². The number of carbonyl (C=O) groups excluding carboxylic acids is 1. The molecule has 1 aromatic carbocycles. The molecular weight excluding hydrogens is 328 g/mol. The highest BCUT2D eigenvalue weighted by Crippen LogP contribution is 2.26. The van der Waals surface area contributed by atoms with Crippen molar-refractivity contribution < 1.29 is 9.53 Å². The van der Waals surface area contributed by atoms with E-state index in [0.717, 1.165) is 4.47 Å². The summed E-state index contributed by atoms with van der Waals surface area (Å²) in [5.41, 5.74) is 6.14. The third kappa shape index (κ3) is 4.18. The molecule has 0 heterocycles. The van der Waals surface area contributed by atoms with Crippen LogP contribution in [0.15, 0.2) is 22.7 Å². The summed E-state index contributed by atoms with van der Waals surface area (Å²) < 4.78 is 5.88. The third-order valence-electron chi connectivity index (χ3n) is 2.78. The number of hydrogen-bond acceptors (Lipinski definition) is 3. The summed E-state index contributed by atoms with van der Waals surface area (Å²) in [6.45, 7) is 2.40. The molecule has 0 spiro atoms. The van der Waals surface area contributed by atoms with Crippen LogP contribution in [-0.2, 0) is 0 Å². The Kier molecular flexibility index (Phi) is 5.75. The second kappa shape index (κ2) is 6.86. The first-order valence-electron chi connectivity index (χ1n) is 5.75. The second-order valence-corrected chi connectivity index (χ2v) is 5.66. The van der Waals surface area contributed by atoms with Crippen molar-refractivity contribution in [2.75, 3.05) is 20.7 Å². The number of rotatable bonds is 5. The van der Waals surface area contributed by atoms with Gasteiger partial charge in [0.25, 0.3) is 5.91 Å². The lowest BCUT2D eigenvalue weighted by atomic mass is 10.1. The van der Waals surface area contributed by atoms with E-state index < -0.39 is 0 Å². The topological polar surface area (TPSA) is 55.6 Å². The lowest BCUT2D eigenvalue weighted by molar-refractivity contribution is 0.0787. The van der Waals surface area contributed by atoms with Gasteiger partial charge in [0.05, 0.1) is 16.6 Å². The van der Waals surface area contributed by atoms with Gasteiger partial charge in [0.15, 0.2) is 0 Å². The van der Waals surface area contributed by atoms with Crippen LogP contribution in [0.1, 0.15) is 17.3 Å². The molecule has 0 aliphatic heterocycles. The van der Waals surface area contributed by atoms with Gasteiger partial charge in [-0.05, 0) is 34.1 Å². The molecule has 0 aliphatic carbocycles. The molecule has 0 saturated heterocycles. The lowest BCUT2D eigenvalue weighted by Crippen LogP contribution is -2.35. The maximum atomic E-state index is 12.2. The molecule has 6 heteroatoms. The van der Waals surface area contributed by atoms with Gasteiger partial charge in [-0.3, -0.25) is 4.79 Å². The average molecular weight is 345 g/mol. The smallest absolute Gasteiger partial charge is 0.253 e. The van der Waals surface area contributed by atoms with Crippen LogP contribution in [0.3, 0.4) is 0 Å². The maximum Gasteiger partial charge on any atom is 0.253 e. The highest BCUT2D eigenvalue weighted by Gasteiger charge is 2.16. The summed E-state index contributed by atoms with van der Waals surface area (Å²) in [5.74, 6) is 0.604. The van der Waals surface area contributed by atoms with Crippen LogP contribution >= 0.6 is 28.1 Å². The van der Waals surface area contributed by atoms with Crippen LogP contribution in [0.2, 0.25) is 0 Å². The van der Waals surface area contributed by atoms with Gasteiger partial charge in [0.2, 0.25) is 0 Å². The number of hydrogen-bond donors (Lipinski definition) is 1. The number of nitrogens with zero attached hydrogens (tertiary/aromatic N) is 1. The van der Waals surface area contributed by atoms with Crippen LogP contribution in [0.4, 0.5) is 0 Å². The molecule has 104 valence electrons. The maximum absolute atomic E-state index is 12.2. The van der Waals surface area contributed by atoms with Crippen LogP contribution in [0.25, 0.3) is 0 Å². The van der Waals surface area contributed by atoms with Gasteiger partial charge >= 0.3 is 0 Å². The second-order valence-electron chi connectivity index (χ2n) is 4.34. The van der Waals surface area contributed by atoms with E-state index in [-0.39, 0.29) is 11.8 Å². The van der Waals surface area contributed by atoms with E-state index in [9.17, 15) is 4.79 Å². The standard InChI is InChI=1S/C13H17BrN2O2S/c1-8(12(15)19)7-16(2)13(17)9-4-5-11(18-3)10(14)6-9/h4-6,8H,7H2,1-3H3,(H2,15,19). The van der Waals surface area contributed by atoms with Gasteiger partial charge < -0.3 is 15.4 Å². The molecule has 0 aromatic heterocycles. The fraction of sp³-hybridized carbons (Fsp3) is 0.385.